The molecule has 0 unspecified atom stereocenters. The molecule has 1 aliphatic rings. The number of carboxylic acids is 3. The number of pyridine rings is 3. The summed E-state index contributed by atoms with van der Waals surface area (Å²) in [5.41, 5.74) is 15.9. The Bertz CT molecular complexity index is 4910. The van der Waals surface area contributed by atoms with Crippen molar-refractivity contribution in [3.05, 3.63) is 261 Å². The second kappa shape index (κ2) is 39.4. The van der Waals surface area contributed by atoms with Crippen LogP contribution in [0.15, 0.2) is 176 Å². The van der Waals surface area contributed by atoms with Crippen LogP contribution in [0.25, 0.3) is 16.7 Å². The second-order valence-electron chi connectivity index (χ2n) is 31.1. The van der Waals surface area contributed by atoms with Gasteiger partial charge in [0.05, 0.1) is 37.4 Å². The quantitative estimate of drug-likeness (QED) is 0.0197. The number of nitrogens with zero attached hydrogens (tertiary/aromatic N) is 6. The van der Waals surface area contributed by atoms with Crippen molar-refractivity contribution in [2.24, 2.45) is 32.7 Å². The number of aliphatic carboxylic acids is 3. The lowest BCUT2D eigenvalue weighted by Crippen LogP contribution is -2.44. The molecule has 1 aliphatic carbocycles. The Morgan fingerprint density at radius 3 is 1.23 bits per heavy atom. The van der Waals surface area contributed by atoms with Crippen molar-refractivity contribution in [1.29, 1.82) is 0 Å². The van der Waals surface area contributed by atoms with E-state index in [1.54, 1.807) is 55.4 Å². The van der Waals surface area contributed by atoms with Crippen LogP contribution in [0.2, 0.25) is 0 Å². The van der Waals surface area contributed by atoms with E-state index in [1.807, 2.05) is 153 Å². The van der Waals surface area contributed by atoms with Crippen molar-refractivity contribution >= 4 is 71.0 Å². The average molecular weight is 1510 g/mol. The van der Waals surface area contributed by atoms with E-state index in [4.69, 9.17) is 0 Å². The molecule has 3 amide bonds. The molecule has 6 aromatic rings. The summed E-state index contributed by atoms with van der Waals surface area (Å²) < 4.78 is 4.24. The minimum atomic E-state index is -1.20. The van der Waals surface area contributed by atoms with E-state index in [9.17, 15) is 58.5 Å². The van der Waals surface area contributed by atoms with E-state index in [0.29, 0.717) is 30.7 Å². The number of benzene rings is 3. The van der Waals surface area contributed by atoms with Gasteiger partial charge in [0.25, 0.3) is 16.7 Å². The number of allylic oxidation sites excluding steroid dienone is 3. The summed E-state index contributed by atoms with van der Waals surface area (Å²) in [4.78, 5) is 135. The van der Waals surface area contributed by atoms with Crippen LogP contribution in [0.1, 0.15) is 221 Å². The zero-order valence-corrected chi connectivity index (χ0v) is 67.3. The number of carbonyl (C=O) groups is 6. The first-order valence-corrected chi connectivity index (χ1v) is 38.0. The van der Waals surface area contributed by atoms with E-state index in [1.165, 1.54) is 44.5 Å². The Morgan fingerprint density at radius 2 is 0.838 bits per heavy atom. The van der Waals surface area contributed by atoms with E-state index in [-0.39, 0.29) is 52.9 Å². The van der Waals surface area contributed by atoms with Crippen LogP contribution >= 0.6 is 0 Å². The van der Waals surface area contributed by atoms with Crippen molar-refractivity contribution in [2.45, 2.75) is 217 Å². The SMILES string of the molecule is C=C(C=N/C=C(\C)c1c(C)ccc(Cc2cc(=O)n([C@H](CC(C)C)C(=O)N[C@H](CC(=O)O)C(=C)C=N/C=C(\C)c3c(C)cccc3C)cc2C)c1C)[C@@H](CC(=O)O)NC(=O)[C@@H](CC(C)C)n1ccc(Cc2ccc(C)c(/C(C)=C/N=CC(=C)[C@@H](CC(=O)O)NC(=O)[C@@H](CC(C)C)n3cc(C4CC4)ccc3=O)c2C)cc1=O. The molecule has 1 saturated carbocycles. The zero-order valence-electron chi connectivity index (χ0n) is 67.3. The number of hydrogen-bond acceptors (Lipinski definition) is 12. The van der Waals surface area contributed by atoms with Gasteiger partial charge in [0.2, 0.25) is 17.7 Å². The summed E-state index contributed by atoms with van der Waals surface area (Å²) in [6.07, 6.45) is 16.5. The first-order valence-electron chi connectivity index (χ1n) is 38.0. The normalized spacial score (nSPS) is 14.6. The van der Waals surface area contributed by atoms with Crippen LogP contribution in [0.4, 0.5) is 0 Å². The second-order valence-corrected chi connectivity index (χ2v) is 31.1. The standard InChI is InChI=1S/C90H111N9O12/c1-51(2)33-76(97-32-31-67(37-80(97)101)36-69-25-23-56(9)86(65(69)18)62(15)47-92-45-60(13)75(42-84(107)108)96-90(111)78(35-53(5)6)99-50-71(68-27-28-68)29-30-79(99)100)88(109)94-73(40-82(103)104)59(12)44-93-48-63(16)87-57(10)24-26-70(66(87)19)38-72-39-81(102)98(49-64(72)17)77(34-52(3)4)89(110)95-74(41-83(105)106)58(11)43-91-46-61(14)85-54(7)21-20-22-55(85)8/h20-26,29-32,37,39,43-53,68,73-78H,11-13,27-28,33-36,38,40-42H2,1-10,14-19H3,(H,94,109)(H,95,110)(H,96,111)(H,103,104)(H,105,106)(H,107,108)/b61-46+,62-47+,63-48+,91-43?,92-45?,93-44?/t73-,74-,75-,76-,77-,78-/m1/s1. The Kier molecular flexibility index (Phi) is 30.9. The molecule has 21 nitrogen and oxygen atoms in total. The van der Waals surface area contributed by atoms with Crippen LogP contribution in [-0.4, -0.2) is 101 Å². The van der Waals surface area contributed by atoms with Crippen molar-refractivity contribution in [3.63, 3.8) is 0 Å². The van der Waals surface area contributed by atoms with Gasteiger partial charge in [-0.3, -0.25) is 58.1 Å². The van der Waals surface area contributed by atoms with Gasteiger partial charge in [-0.2, -0.15) is 0 Å². The summed E-state index contributed by atoms with van der Waals surface area (Å²) in [6, 6.07) is 16.1. The molecule has 6 atom stereocenters. The van der Waals surface area contributed by atoms with E-state index in [2.05, 4.69) is 50.7 Å². The topological polar surface area (TPSA) is 302 Å². The van der Waals surface area contributed by atoms with Gasteiger partial charge in [0, 0.05) is 74.0 Å². The summed E-state index contributed by atoms with van der Waals surface area (Å²) in [6.45, 7) is 43.5. The Morgan fingerprint density at radius 1 is 0.459 bits per heavy atom. The fraction of sp³-hybridized carbons (Fsp3) is 0.400. The van der Waals surface area contributed by atoms with Gasteiger partial charge in [-0.15, -0.1) is 0 Å². The fourth-order valence-corrected chi connectivity index (χ4v) is 14.4. The number of nitrogens with one attached hydrogen (secondary N) is 3. The Hall–Kier alpha value is -11.2. The maximum atomic E-state index is 14.5. The molecule has 0 bridgehead atoms. The number of aryl methyl sites for hydroxylation is 5. The van der Waals surface area contributed by atoms with Crippen molar-refractivity contribution in [1.82, 2.24) is 29.7 Å². The van der Waals surface area contributed by atoms with Crippen LogP contribution in [0.3, 0.4) is 0 Å². The predicted octanol–water partition coefficient (Wildman–Crippen LogP) is 15.1. The first-order chi connectivity index (χ1) is 52.3. The van der Waals surface area contributed by atoms with Crippen molar-refractivity contribution in [2.75, 3.05) is 0 Å². The number of aliphatic imine (C=N–C) groups is 3. The maximum Gasteiger partial charge on any atom is 0.305 e. The largest absolute Gasteiger partial charge is 0.481 e. The van der Waals surface area contributed by atoms with E-state index < -0.39 is 102 Å². The third-order valence-electron chi connectivity index (χ3n) is 20.4. The number of amides is 3. The molecule has 0 aliphatic heterocycles. The molecule has 111 heavy (non-hydrogen) atoms. The molecule has 0 saturated heterocycles. The molecule has 1 fully saturated rings. The Labute approximate surface area is 652 Å². The summed E-state index contributed by atoms with van der Waals surface area (Å²) >= 11 is 0. The molecule has 0 spiro atoms. The van der Waals surface area contributed by atoms with Gasteiger partial charge in [0.15, 0.2) is 0 Å². The monoisotopic (exact) mass is 1510 g/mol. The number of aromatic nitrogens is 3. The van der Waals surface area contributed by atoms with Crippen molar-refractivity contribution in [3.8, 4) is 0 Å². The first kappa shape index (κ1) is 87.0. The van der Waals surface area contributed by atoms with Gasteiger partial charge in [-0.05, 0) is 261 Å². The summed E-state index contributed by atoms with van der Waals surface area (Å²) in [5.74, 6) is -4.78. The highest BCUT2D eigenvalue weighted by molar-refractivity contribution is 5.90. The third kappa shape index (κ3) is 24.1. The maximum absolute atomic E-state index is 14.5. The van der Waals surface area contributed by atoms with Gasteiger partial charge in [0.1, 0.15) is 18.1 Å². The van der Waals surface area contributed by atoms with E-state index in [0.717, 1.165) is 107 Å². The zero-order chi connectivity index (χ0) is 82.0. The molecule has 0 radical (unpaired) electrons. The summed E-state index contributed by atoms with van der Waals surface area (Å²) in [5, 5.41) is 38.6. The Balaban J connectivity index is 1.03. The molecule has 3 aromatic heterocycles. The summed E-state index contributed by atoms with van der Waals surface area (Å²) in [7, 11) is 0. The number of rotatable bonds is 38. The minimum absolute atomic E-state index is 0.0232. The lowest BCUT2D eigenvalue weighted by molar-refractivity contribution is -0.139. The molecular weight excluding hydrogens is 1400 g/mol. The van der Waals surface area contributed by atoms with Crippen LogP contribution in [0, 0.1) is 66.2 Å². The van der Waals surface area contributed by atoms with Gasteiger partial charge in [-0.1, -0.05) is 110 Å². The third-order valence-corrected chi connectivity index (χ3v) is 20.4. The van der Waals surface area contributed by atoms with Crippen LogP contribution in [-0.2, 0) is 41.6 Å². The predicted molar refractivity (Wildman–Crippen MR) is 444 cm³/mol. The highest BCUT2D eigenvalue weighted by Gasteiger charge is 2.32. The smallest absolute Gasteiger partial charge is 0.305 e. The van der Waals surface area contributed by atoms with Crippen molar-refractivity contribution < 1.29 is 44.1 Å². The molecule has 21 heteroatoms. The molecule has 588 valence electrons. The number of carbonyl (C=O) groups excluding carboxylic acids is 3. The lowest BCUT2D eigenvalue weighted by atomic mass is 9.90. The molecule has 6 N–H and O–H groups in total. The fourth-order valence-electron chi connectivity index (χ4n) is 14.4. The van der Waals surface area contributed by atoms with E-state index >= 15 is 0 Å². The average Bonchev–Trinajstić information content (AvgIpc) is 1.33. The highest BCUT2D eigenvalue weighted by atomic mass is 16.4. The number of carboxylic acid groups (broad SMARTS) is 3. The highest BCUT2D eigenvalue weighted by Crippen LogP contribution is 2.40. The number of hydrogen-bond donors (Lipinski definition) is 6. The molecular formula is C90H111N9O12. The minimum Gasteiger partial charge on any atom is -0.481 e. The lowest BCUT2D eigenvalue weighted by Gasteiger charge is -2.25. The van der Waals surface area contributed by atoms with Gasteiger partial charge in [-0.25, -0.2) is 0 Å². The molecule has 3 aromatic carbocycles. The molecule has 7 rings (SSSR count). The molecule has 3 heterocycles. The van der Waals surface area contributed by atoms with Gasteiger partial charge >= 0.3 is 17.9 Å². The van der Waals surface area contributed by atoms with Crippen LogP contribution < -0.4 is 32.6 Å². The van der Waals surface area contributed by atoms with Crippen LogP contribution in [0.5, 0.6) is 0 Å². The van der Waals surface area contributed by atoms with Gasteiger partial charge < -0.3 is 45.0 Å².